The molecule has 2 rings (SSSR count). The Labute approximate surface area is 302 Å². The fraction of sp³-hybridized carbons (Fsp3) is 0.657. The average molecular weight is 769 g/mol. The molecule has 50 heavy (non-hydrogen) atoms. The number of unbranched alkanes of at least 4 members (excludes halogenated alkanes) is 12. The van der Waals surface area contributed by atoms with Crippen LogP contribution in [0.2, 0.25) is 0 Å². The van der Waals surface area contributed by atoms with E-state index >= 15 is 0 Å². The van der Waals surface area contributed by atoms with E-state index in [1.165, 1.54) is 64.2 Å². The number of hydrogen-bond donors (Lipinski definition) is 11. The smallest absolute Gasteiger partial charge is 0.334 e. The molecule has 0 spiro atoms. The van der Waals surface area contributed by atoms with Gasteiger partial charge in [-0.1, -0.05) is 139 Å². The highest BCUT2D eigenvalue weighted by Crippen LogP contribution is 2.48. The van der Waals surface area contributed by atoms with Gasteiger partial charge in [0.2, 0.25) is 0 Å². The molecule has 2 aromatic rings. The lowest BCUT2D eigenvalue weighted by molar-refractivity contribution is -0.136. The molecular weight excluding hydrogens is 705 g/mol. The van der Waals surface area contributed by atoms with E-state index in [0.29, 0.717) is 11.1 Å². The lowest BCUT2D eigenvalue weighted by atomic mass is 9.63. The van der Waals surface area contributed by atoms with Crippen LogP contribution >= 0.6 is 25.8 Å². The van der Waals surface area contributed by atoms with E-state index in [2.05, 4.69) is 18.2 Å². The minimum Gasteiger partial charge on any atom is -0.395 e. The van der Waals surface area contributed by atoms with Gasteiger partial charge in [-0.25, -0.2) is 4.31 Å². The van der Waals surface area contributed by atoms with Crippen LogP contribution in [0.1, 0.15) is 126 Å². The molecular formula is C35H63O12P3. The molecule has 0 saturated heterocycles. The molecule has 0 bridgehead atoms. The largest absolute Gasteiger partial charge is 0.395 e. The average Bonchev–Trinajstić information content (AvgIpc) is 3.08. The number of aliphatic hydroxyl groups is 4. The molecule has 11 N–H and O–H groups in total. The molecule has 0 aromatic heterocycles. The van der Waals surface area contributed by atoms with Gasteiger partial charge in [-0.15, -0.1) is 0 Å². The van der Waals surface area contributed by atoms with Gasteiger partial charge < -0.3 is 54.7 Å². The number of rotatable bonds is 24. The van der Waals surface area contributed by atoms with Crippen LogP contribution in [0.4, 0.5) is 0 Å². The van der Waals surface area contributed by atoms with Gasteiger partial charge in [0, 0.05) is 0 Å². The topological polar surface area (TPSA) is 232 Å². The van der Waals surface area contributed by atoms with Crippen molar-refractivity contribution in [3.05, 3.63) is 70.8 Å². The number of aryl methyl sites for hydroxylation is 2. The van der Waals surface area contributed by atoms with Gasteiger partial charge in [0.25, 0.3) is 0 Å². The van der Waals surface area contributed by atoms with E-state index in [1.807, 2.05) is 48.5 Å². The van der Waals surface area contributed by atoms with E-state index < -0.39 is 56.6 Å². The van der Waals surface area contributed by atoms with Crippen molar-refractivity contribution in [1.29, 1.82) is 0 Å². The standard InChI is InChI=1S/C35H56O4.H4O5P2.H3O3P/c1-3-5-7-9-11-13-15-21-30-23-17-19-25-32(30)35(39,34(27-36,28-37)29-38)33-26-20-18-24-31(33)22-16-14-12-10-8-6-4-2;1-6(2)5-7(3)4;1-4(2)3/h17-20,23-26,36-39H,3-16,21-22,27-29H2,1-2H3;1-4H;1-3H. The molecule has 0 aliphatic rings. The van der Waals surface area contributed by atoms with Gasteiger partial charge in [0.1, 0.15) is 5.60 Å². The number of benzene rings is 2. The Kier molecular flexibility index (Phi) is 29.2. The summed E-state index contributed by atoms with van der Waals surface area (Å²) in [5.74, 6) is 0. The summed E-state index contributed by atoms with van der Waals surface area (Å²) in [7, 11) is -7.84. The van der Waals surface area contributed by atoms with E-state index in [4.69, 9.17) is 34.3 Å². The second-order valence-electron chi connectivity index (χ2n) is 12.4. The maximum Gasteiger partial charge on any atom is 0.334 e. The second kappa shape index (κ2) is 29.7. The van der Waals surface area contributed by atoms with Crippen LogP contribution in [0.5, 0.6) is 0 Å². The third kappa shape index (κ3) is 18.8. The molecule has 0 unspecified atom stereocenters. The van der Waals surface area contributed by atoms with Crippen LogP contribution in [0.3, 0.4) is 0 Å². The second-order valence-corrected chi connectivity index (χ2v) is 14.6. The van der Waals surface area contributed by atoms with Crippen LogP contribution in [0.15, 0.2) is 48.5 Å². The molecule has 0 fully saturated rings. The Morgan fingerprint density at radius 3 is 1.08 bits per heavy atom. The molecule has 0 saturated carbocycles. The Morgan fingerprint density at radius 2 is 0.800 bits per heavy atom. The molecule has 290 valence electrons. The highest BCUT2D eigenvalue weighted by molar-refractivity contribution is 7.53. The van der Waals surface area contributed by atoms with Crippen molar-refractivity contribution in [2.75, 3.05) is 19.8 Å². The normalized spacial score (nSPS) is 11.8. The summed E-state index contributed by atoms with van der Waals surface area (Å²) in [4.78, 5) is 53.0. The first-order valence-electron chi connectivity index (χ1n) is 17.5. The van der Waals surface area contributed by atoms with Crippen LogP contribution in [-0.2, 0) is 22.8 Å². The summed E-state index contributed by atoms with van der Waals surface area (Å²) in [6, 6.07) is 15.7. The third-order valence-corrected chi connectivity index (χ3v) is 9.90. The van der Waals surface area contributed by atoms with E-state index in [-0.39, 0.29) is 0 Å². The van der Waals surface area contributed by atoms with E-state index in [1.54, 1.807) is 0 Å². The summed E-state index contributed by atoms with van der Waals surface area (Å²) < 4.78 is 3.60. The third-order valence-electron chi connectivity index (χ3n) is 8.74. The van der Waals surface area contributed by atoms with Crippen LogP contribution in [0, 0.1) is 5.41 Å². The number of hydrogen-bond acceptors (Lipinski definition) is 12. The molecule has 0 aliphatic heterocycles. The molecule has 12 nitrogen and oxygen atoms in total. The molecule has 0 radical (unpaired) electrons. The first-order chi connectivity index (χ1) is 23.9. The van der Waals surface area contributed by atoms with Gasteiger partial charge in [0.05, 0.1) is 25.2 Å². The van der Waals surface area contributed by atoms with Crippen molar-refractivity contribution in [3.63, 3.8) is 0 Å². The fourth-order valence-electron chi connectivity index (χ4n) is 6.00. The van der Waals surface area contributed by atoms with Crippen LogP contribution in [-0.4, -0.2) is 74.5 Å². The summed E-state index contributed by atoms with van der Waals surface area (Å²) >= 11 is 0. The highest BCUT2D eigenvalue weighted by atomic mass is 31.2. The van der Waals surface area contributed by atoms with Gasteiger partial charge in [-0.2, -0.15) is 0 Å². The molecule has 2 aromatic carbocycles. The first kappa shape index (κ1) is 49.2. The Balaban J connectivity index is 0.00000188. The zero-order valence-electron chi connectivity index (χ0n) is 29.7. The summed E-state index contributed by atoms with van der Waals surface area (Å²) in [6.45, 7) is 2.86. The fourth-order valence-corrected chi connectivity index (χ4v) is 6.53. The first-order valence-corrected chi connectivity index (χ1v) is 21.1. The zero-order valence-corrected chi connectivity index (χ0v) is 32.4. The van der Waals surface area contributed by atoms with E-state index in [0.717, 1.165) is 49.7 Å². The SMILES string of the molecule is CCCCCCCCCc1ccccc1C(O)(c1ccccc1CCCCCCCCC)C(CO)(CO)CO.OP(O)O.OP(O)OP(O)O. The molecule has 0 heterocycles. The van der Waals surface area contributed by atoms with Gasteiger partial charge in [-0.05, 0) is 47.9 Å². The monoisotopic (exact) mass is 768 g/mol. The summed E-state index contributed by atoms with van der Waals surface area (Å²) in [6.07, 6.45) is 18.5. The molecule has 15 heteroatoms. The van der Waals surface area contributed by atoms with Crippen molar-refractivity contribution < 1.29 is 59.0 Å². The summed E-state index contributed by atoms with van der Waals surface area (Å²) in [5, 5.41) is 44.5. The maximum absolute atomic E-state index is 12.7. The van der Waals surface area contributed by atoms with Gasteiger partial charge in [-0.3, -0.25) is 0 Å². The maximum atomic E-state index is 12.7. The van der Waals surface area contributed by atoms with Gasteiger partial charge in [0.15, 0.2) is 0 Å². The Morgan fingerprint density at radius 1 is 0.500 bits per heavy atom. The predicted octanol–water partition coefficient (Wildman–Crippen LogP) is 6.09. The quantitative estimate of drug-likeness (QED) is 0.0431. The molecule has 0 aliphatic carbocycles. The van der Waals surface area contributed by atoms with Crippen molar-refractivity contribution in [2.45, 2.75) is 122 Å². The molecule has 0 atom stereocenters. The minimum atomic E-state index is -2.62. The Hall–Kier alpha value is -0.750. The molecule has 0 amide bonds. The lowest BCUT2D eigenvalue weighted by Crippen LogP contribution is -2.55. The van der Waals surface area contributed by atoms with Crippen LogP contribution < -0.4 is 0 Å². The highest BCUT2D eigenvalue weighted by Gasteiger charge is 2.53. The van der Waals surface area contributed by atoms with Crippen molar-refractivity contribution in [2.24, 2.45) is 5.41 Å². The van der Waals surface area contributed by atoms with Crippen molar-refractivity contribution in [1.82, 2.24) is 0 Å². The predicted molar refractivity (Wildman–Crippen MR) is 200 cm³/mol. The number of aliphatic hydroxyl groups excluding tert-OH is 3. The Bertz CT molecular complexity index is 1010. The van der Waals surface area contributed by atoms with E-state index in [9.17, 15) is 20.4 Å². The zero-order chi connectivity index (χ0) is 37.8. The minimum absolute atomic E-state index is 0.534. The van der Waals surface area contributed by atoms with Crippen molar-refractivity contribution >= 4 is 25.8 Å². The van der Waals surface area contributed by atoms with Crippen molar-refractivity contribution in [3.8, 4) is 0 Å². The lowest BCUT2D eigenvalue weighted by Gasteiger charge is -2.46. The summed E-state index contributed by atoms with van der Waals surface area (Å²) in [5.41, 5.74) is 0.124. The van der Waals surface area contributed by atoms with Crippen LogP contribution in [0.25, 0.3) is 0 Å². The van der Waals surface area contributed by atoms with Gasteiger partial charge >= 0.3 is 25.8 Å².